The van der Waals surface area contributed by atoms with Crippen molar-refractivity contribution in [1.82, 2.24) is 5.32 Å². The van der Waals surface area contributed by atoms with E-state index < -0.39 is 0 Å². The van der Waals surface area contributed by atoms with Crippen LogP contribution in [0.15, 0.2) is 0 Å². The number of unbranched alkanes of at least 4 members (excludes halogenated alkanes) is 9. The summed E-state index contributed by atoms with van der Waals surface area (Å²) in [6.45, 7) is 10.4. The third kappa shape index (κ3) is 12.2. The third-order valence-corrected chi connectivity index (χ3v) is 4.95. The maximum absolute atomic E-state index is 3.72. The molecule has 0 saturated carbocycles. The minimum atomic E-state index is 0.763. The minimum Gasteiger partial charge on any atom is -0.314 e. The van der Waals surface area contributed by atoms with E-state index in [2.05, 4.69) is 33.0 Å². The van der Waals surface area contributed by atoms with E-state index in [0.717, 1.165) is 18.5 Å². The molecule has 0 saturated heterocycles. The predicted molar refractivity (Wildman–Crippen MR) is 98.0 cm³/mol. The third-order valence-electron chi connectivity index (χ3n) is 4.95. The van der Waals surface area contributed by atoms with Crippen LogP contribution in [0.5, 0.6) is 0 Å². The van der Waals surface area contributed by atoms with Crippen LogP contribution in [0.25, 0.3) is 0 Å². The lowest BCUT2D eigenvalue weighted by Crippen LogP contribution is -2.35. The molecule has 0 rings (SSSR count). The Balaban J connectivity index is 3.49. The van der Waals surface area contributed by atoms with Gasteiger partial charge in [-0.25, -0.2) is 0 Å². The highest BCUT2D eigenvalue weighted by molar-refractivity contribution is 4.74. The van der Waals surface area contributed by atoms with Gasteiger partial charge in [-0.3, -0.25) is 0 Å². The van der Waals surface area contributed by atoms with Gasteiger partial charge < -0.3 is 5.32 Å². The predicted octanol–water partition coefficient (Wildman–Crippen LogP) is 6.71. The van der Waals surface area contributed by atoms with Crippen LogP contribution >= 0.6 is 0 Å². The van der Waals surface area contributed by atoms with Crippen molar-refractivity contribution in [1.29, 1.82) is 0 Å². The van der Waals surface area contributed by atoms with E-state index in [4.69, 9.17) is 0 Å². The lowest BCUT2D eigenvalue weighted by molar-refractivity contribution is 0.313. The van der Waals surface area contributed by atoms with E-state index in [1.54, 1.807) is 0 Å². The Kier molecular flexibility index (Phi) is 16.3. The molecule has 0 aliphatic rings. The lowest BCUT2D eigenvalue weighted by Gasteiger charge is -2.26. The standard InChI is InChI=1S/C20H43N/c1-5-9-10-11-12-13-14-15-16-17-18-20(21-8-4)19(6-2)7-3/h19-21H,5-18H2,1-4H3. The molecule has 128 valence electrons. The molecule has 0 radical (unpaired) electrons. The van der Waals surface area contributed by atoms with E-state index in [0.29, 0.717) is 0 Å². The van der Waals surface area contributed by atoms with Gasteiger partial charge in [-0.15, -0.1) is 0 Å². The zero-order valence-corrected chi connectivity index (χ0v) is 15.6. The highest BCUT2D eigenvalue weighted by atomic mass is 14.9. The fraction of sp³-hybridized carbons (Fsp3) is 1.00. The molecule has 0 aliphatic heterocycles. The van der Waals surface area contributed by atoms with Crippen LogP contribution in [0.1, 0.15) is 111 Å². The Hall–Kier alpha value is -0.0400. The van der Waals surface area contributed by atoms with Crippen LogP contribution < -0.4 is 5.32 Å². The fourth-order valence-corrected chi connectivity index (χ4v) is 3.48. The number of rotatable bonds is 16. The van der Waals surface area contributed by atoms with Gasteiger partial charge in [0.25, 0.3) is 0 Å². The Morgan fingerprint density at radius 2 is 1.10 bits per heavy atom. The molecule has 0 bridgehead atoms. The van der Waals surface area contributed by atoms with Gasteiger partial charge in [0.05, 0.1) is 0 Å². The van der Waals surface area contributed by atoms with Crippen LogP contribution in [0, 0.1) is 5.92 Å². The molecule has 0 fully saturated rings. The summed E-state index contributed by atoms with van der Waals surface area (Å²) in [6, 6.07) is 0.763. The topological polar surface area (TPSA) is 12.0 Å². The minimum absolute atomic E-state index is 0.763. The number of hydrogen-bond donors (Lipinski definition) is 1. The van der Waals surface area contributed by atoms with Gasteiger partial charge in [0.2, 0.25) is 0 Å². The second kappa shape index (κ2) is 16.3. The molecule has 0 aromatic rings. The first-order chi connectivity index (χ1) is 10.3. The Bertz CT molecular complexity index is 186. The van der Waals surface area contributed by atoms with Crippen LogP contribution in [0.2, 0.25) is 0 Å². The second-order valence-corrected chi connectivity index (χ2v) is 6.71. The SMILES string of the molecule is CCCCCCCCCCCCC(NCC)C(CC)CC. The smallest absolute Gasteiger partial charge is 0.00950 e. The first-order valence-corrected chi connectivity index (χ1v) is 10.0. The summed E-state index contributed by atoms with van der Waals surface area (Å²) < 4.78 is 0. The molecule has 21 heavy (non-hydrogen) atoms. The summed E-state index contributed by atoms with van der Waals surface area (Å²) in [7, 11) is 0. The highest BCUT2D eigenvalue weighted by Gasteiger charge is 2.16. The lowest BCUT2D eigenvalue weighted by atomic mass is 9.90. The van der Waals surface area contributed by atoms with E-state index in [-0.39, 0.29) is 0 Å². The molecule has 1 unspecified atom stereocenters. The van der Waals surface area contributed by atoms with E-state index in [1.807, 2.05) is 0 Å². The van der Waals surface area contributed by atoms with Gasteiger partial charge >= 0.3 is 0 Å². The van der Waals surface area contributed by atoms with Crippen molar-refractivity contribution in [2.75, 3.05) is 6.54 Å². The van der Waals surface area contributed by atoms with Crippen molar-refractivity contribution in [2.45, 2.75) is 117 Å². The number of hydrogen-bond acceptors (Lipinski definition) is 1. The van der Waals surface area contributed by atoms with Gasteiger partial charge in [-0.05, 0) is 18.9 Å². The van der Waals surface area contributed by atoms with E-state index in [1.165, 1.54) is 83.5 Å². The first-order valence-electron chi connectivity index (χ1n) is 10.0. The normalized spacial score (nSPS) is 13.0. The van der Waals surface area contributed by atoms with Crippen molar-refractivity contribution >= 4 is 0 Å². The molecule has 0 aliphatic carbocycles. The summed E-state index contributed by atoms with van der Waals surface area (Å²) in [5, 5.41) is 3.72. The van der Waals surface area contributed by atoms with Gasteiger partial charge in [-0.1, -0.05) is 105 Å². The first kappa shape index (κ1) is 21.0. The summed E-state index contributed by atoms with van der Waals surface area (Å²) in [6.07, 6.45) is 18.5. The van der Waals surface area contributed by atoms with Crippen molar-refractivity contribution in [3.63, 3.8) is 0 Å². The quantitative estimate of drug-likeness (QED) is 0.312. The molecule has 0 amide bonds. The number of nitrogens with one attached hydrogen (secondary N) is 1. The van der Waals surface area contributed by atoms with Crippen LogP contribution in [-0.4, -0.2) is 12.6 Å². The van der Waals surface area contributed by atoms with Crippen LogP contribution in [0.3, 0.4) is 0 Å². The van der Waals surface area contributed by atoms with Gasteiger partial charge in [0, 0.05) is 6.04 Å². The maximum Gasteiger partial charge on any atom is 0.00950 e. The van der Waals surface area contributed by atoms with Gasteiger partial charge in [0.15, 0.2) is 0 Å². The summed E-state index contributed by atoms with van der Waals surface area (Å²) in [4.78, 5) is 0. The summed E-state index contributed by atoms with van der Waals surface area (Å²) in [5.41, 5.74) is 0. The highest BCUT2D eigenvalue weighted by Crippen LogP contribution is 2.19. The summed E-state index contributed by atoms with van der Waals surface area (Å²) >= 11 is 0. The fourth-order valence-electron chi connectivity index (χ4n) is 3.48. The molecular formula is C20H43N. The molecule has 0 aromatic carbocycles. The Labute approximate surface area is 135 Å². The molecule has 1 heteroatoms. The zero-order valence-electron chi connectivity index (χ0n) is 15.6. The zero-order chi connectivity index (χ0) is 15.8. The molecular weight excluding hydrogens is 254 g/mol. The molecule has 1 nitrogen and oxygen atoms in total. The largest absolute Gasteiger partial charge is 0.314 e. The maximum atomic E-state index is 3.72. The second-order valence-electron chi connectivity index (χ2n) is 6.71. The van der Waals surface area contributed by atoms with E-state index >= 15 is 0 Å². The average Bonchev–Trinajstić information content (AvgIpc) is 2.50. The van der Waals surface area contributed by atoms with Gasteiger partial charge in [-0.2, -0.15) is 0 Å². The molecule has 0 aromatic heterocycles. The van der Waals surface area contributed by atoms with Crippen molar-refractivity contribution < 1.29 is 0 Å². The van der Waals surface area contributed by atoms with Crippen LogP contribution in [-0.2, 0) is 0 Å². The molecule has 1 atom stereocenters. The molecule has 0 heterocycles. The van der Waals surface area contributed by atoms with Crippen molar-refractivity contribution in [3.8, 4) is 0 Å². The van der Waals surface area contributed by atoms with E-state index in [9.17, 15) is 0 Å². The molecule has 1 N–H and O–H groups in total. The van der Waals surface area contributed by atoms with Crippen LogP contribution in [0.4, 0.5) is 0 Å². The Morgan fingerprint density at radius 3 is 1.52 bits per heavy atom. The average molecular weight is 298 g/mol. The molecule has 0 spiro atoms. The van der Waals surface area contributed by atoms with Crippen molar-refractivity contribution in [2.24, 2.45) is 5.92 Å². The van der Waals surface area contributed by atoms with Gasteiger partial charge in [0.1, 0.15) is 0 Å². The summed E-state index contributed by atoms with van der Waals surface area (Å²) in [5.74, 6) is 0.878. The monoisotopic (exact) mass is 297 g/mol. The Morgan fingerprint density at radius 1 is 0.619 bits per heavy atom. The van der Waals surface area contributed by atoms with Crippen molar-refractivity contribution in [3.05, 3.63) is 0 Å².